The molecule has 0 aromatic heterocycles. The first-order valence-corrected chi connectivity index (χ1v) is 8.84. The molecule has 1 N–H and O–H groups in total. The second kappa shape index (κ2) is 8.39. The lowest BCUT2D eigenvalue weighted by Gasteiger charge is -2.47. The van der Waals surface area contributed by atoms with E-state index in [0.29, 0.717) is 12.6 Å². The van der Waals surface area contributed by atoms with Crippen LogP contribution in [0.15, 0.2) is 0 Å². The number of piperidine rings is 1. The minimum Gasteiger partial charge on any atom is -0.316 e. The molecule has 3 rings (SSSR count). The van der Waals surface area contributed by atoms with Crippen LogP contribution < -0.4 is 5.32 Å². The van der Waals surface area contributed by atoms with Gasteiger partial charge in [0, 0.05) is 45.3 Å². The van der Waals surface area contributed by atoms with E-state index in [-0.39, 0.29) is 0 Å². The Morgan fingerprint density at radius 2 is 1.64 bits per heavy atom. The van der Waals surface area contributed by atoms with Gasteiger partial charge in [0.15, 0.2) is 0 Å². The lowest BCUT2D eigenvalue weighted by atomic mass is 9.74. The van der Waals surface area contributed by atoms with Gasteiger partial charge in [0.25, 0.3) is 0 Å². The van der Waals surface area contributed by atoms with Gasteiger partial charge in [-0.3, -0.25) is 9.80 Å². The Kier molecular flexibility index (Phi) is 6.81. The number of likely N-dealkylation sites (tertiary alicyclic amines) is 1. The summed E-state index contributed by atoms with van der Waals surface area (Å²) in [7, 11) is 2.22. The molecule has 0 aliphatic carbocycles. The molecule has 0 aromatic carbocycles. The van der Waals surface area contributed by atoms with Crippen LogP contribution in [0.1, 0.15) is 26.7 Å². The molecule has 3 fully saturated rings. The van der Waals surface area contributed by atoms with Crippen LogP contribution in [0.2, 0.25) is 0 Å². The Balaban J connectivity index is 0.000000162. The molecule has 0 radical (unpaired) electrons. The predicted molar refractivity (Wildman–Crippen MR) is 91.2 cm³/mol. The molecule has 128 valence electrons. The summed E-state index contributed by atoms with van der Waals surface area (Å²) < 4.78 is 0. The third-order valence-corrected chi connectivity index (χ3v) is 5.52. The molecule has 22 heavy (non-hydrogen) atoms. The van der Waals surface area contributed by atoms with E-state index >= 15 is 0 Å². The van der Waals surface area contributed by atoms with Crippen LogP contribution in [0.3, 0.4) is 0 Å². The second-order valence-corrected chi connectivity index (χ2v) is 7.50. The molecule has 0 unspecified atom stereocenters. The maximum atomic E-state index is 10.2. The summed E-state index contributed by atoms with van der Waals surface area (Å²) in [6.07, 6.45) is 3.82. The number of hydrogen-bond acceptors (Lipinski definition) is 5. The molecule has 0 atom stereocenters. The van der Waals surface area contributed by atoms with Crippen molar-refractivity contribution in [2.45, 2.75) is 32.7 Å². The highest BCUT2D eigenvalue weighted by molar-refractivity contribution is 5.51. The third-order valence-electron chi connectivity index (χ3n) is 5.52. The number of carbonyl (C=O) groups is 1. The van der Waals surface area contributed by atoms with Gasteiger partial charge in [0.1, 0.15) is 6.29 Å². The first kappa shape index (κ1) is 17.9. The molecule has 0 aromatic rings. The highest BCUT2D eigenvalue weighted by Crippen LogP contribution is 2.34. The fraction of sp³-hybridized carbons (Fsp3) is 0.941. The number of carbonyl (C=O) groups excluding carboxylic acids is 1. The zero-order chi connectivity index (χ0) is 16.0. The van der Waals surface area contributed by atoms with E-state index in [0.717, 1.165) is 37.9 Å². The molecule has 3 aliphatic heterocycles. The average molecular weight is 310 g/mol. The Bertz CT molecular complexity index is 326. The molecule has 3 aliphatic rings. The van der Waals surface area contributed by atoms with Crippen molar-refractivity contribution in [3.63, 3.8) is 0 Å². The second-order valence-electron chi connectivity index (χ2n) is 7.50. The summed E-state index contributed by atoms with van der Waals surface area (Å²) in [4.78, 5) is 17.3. The smallest absolute Gasteiger partial charge is 0.133 e. The standard InChI is InChI=1S/C9H18N2O.C8H16N2/c1-9(2)11-5-3-10(4-6-11)7-8-12;1-10-4-2-8(3-5-10)6-9-7-8/h8-9H,3-7H2,1-2H3;9H,2-7H2,1H3. The highest BCUT2D eigenvalue weighted by Gasteiger charge is 2.38. The van der Waals surface area contributed by atoms with Crippen molar-refractivity contribution in [3.05, 3.63) is 0 Å². The molecule has 3 heterocycles. The first-order valence-electron chi connectivity index (χ1n) is 8.84. The van der Waals surface area contributed by atoms with Gasteiger partial charge in [-0.1, -0.05) is 0 Å². The molecule has 5 nitrogen and oxygen atoms in total. The summed E-state index contributed by atoms with van der Waals surface area (Å²) in [5, 5.41) is 3.37. The van der Waals surface area contributed by atoms with Crippen LogP contribution in [0.25, 0.3) is 0 Å². The molecule has 0 bridgehead atoms. The van der Waals surface area contributed by atoms with Crippen molar-refractivity contribution in [1.82, 2.24) is 20.0 Å². The number of piperazine rings is 1. The highest BCUT2D eigenvalue weighted by atomic mass is 16.1. The van der Waals surface area contributed by atoms with Gasteiger partial charge in [0.2, 0.25) is 0 Å². The molecule has 3 saturated heterocycles. The number of rotatable bonds is 3. The molecule has 0 saturated carbocycles. The zero-order valence-corrected chi connectivity index (χ0v) is 14.7. The lowest BCUT2D eigenvalue weighted by Crippen LogP contribution is -2.57. The Labute approximate surface area is 136 Å². The Hall–Kier alpha value is -0.490. The number of aldehydes is 1. The van der Waals surface area contributed by atoms with Gasteiger partial charge in [0.05, 0.1) is 6.54 Å². The predicted octanol–water partition coefficient (Wildman–Crippen LogP) is 0.513. The quantitative estimate of drug-likeness (QED) is 0.769. The Morgan fingerprint density at radius 3 is 2.05 bits per heavy atom. The van der Waals surface area contributed by atoms with Crippen LogP contribution >= 0.6 is 0 Å². The number of hydrogen-bond donors (Lipinski definition) is 1. The molecular formula is C17H34N4O. The number of nitrogens with zero attached hydrogens (tertiary/aromatic N) is 3. The van der Waals surface area contributed by atoms with Crippen molar-refractivity contribution < 1.29 is 4.79 Å². The van der Waals surface area contributed by atoms with E-state index in [4.69, 9.17) is 0 Å². The summed E-state index contributed by atoms with van der Waals surface area (Å²) >= 11 is 0. The molecule has 5 heteroatoms. The van der Waals surface area contributed by atoms with E-state index in [1.807, 2.05) is 0 Å². The van der Waals surface area contributed by atoms with Gasteiger partial charge in [-0.15, -0.1) is 0 Å². The van der Waals surface area contributed by atoms with Crippen molar-refractivity contribution in [2.24, 2.45) is 5.41 Å². The summed E-state index contributed by atoms with van der Waals surface area (Å²) in [5.74, 6) is 0. The SMILES string of the molecule is CC(C)N1CCN(CC=O)CC1.CN1CCC2(CC1)CNC2. The summed E-state index contributed by atoms with van der Waals surface area (Å²) in [6, 6.07) is 0.642. The molecule has 0 amide bonds. The summed E-state index contributed by atoms with van der Waals surface area (Å²) in [6.45, 7) is 14.5. The van der Waals surface area contributed by atoms with E-state index in [2.05, 4.69) is 40.9 Å². The van der Waals surface area contributed by atoms with Gasteiger partial charge >= 0.3 is 0 Å². The lowest BCUT2D eigenvalue weighted by molar-refractivity contribution is -0.109. The van der Waals surface area contributed by atoms with Gasteiger partial charge < -0.3 is 15.0 Å². The average Bonchev–Trinajstić information content (AvgIpc) is 2.48. The van der Waals surface area contributed by atoms with Gasteiger partial charge in [-0.2, -0.15) is 0 Å². The van der Waals surface area contributed by atoms with Crippen LogP contribution in [0.4, 0.5) is 0 Å². The van der Waals surface area contributed by atoms with Crippen LogP contribution in [-0.4, -0.2) is 93.0 Å². The molecule has 1 spiro atoms. The van der Waals surface area contributed by atoms with Crippen LogP contribution in [0.5, 0.6) is 0 Å². The van der Waals surface area contributed by atoms with Gasteiger partial charge in [-0.25, -0.2) is 0 Å². The van der Waals surface area contributed by atoms with E-state index in [1.165, 1.54) is 39.0 Å². The van der Waals surface area contributed by atoms with Crippen molar-refractivity contribution in [3.8, 4) is 0 Å². The van der Waals surface area contributed by atoms with Crippen LogP contribution in [-0.2, 0) is 4.79 Å². The van der Waals surface area contributed by atoms with Crippen molar-refractivity contribution >= 4 is 6.29 Å². The Morgan fingerprint density at radius 1 is 1.05 bits per heavy atom. The van der Waals surface area contributed by atoms with E-state index in [9.17, 15) is 4.79 Å². The van der Waals surface area contributed by atoms with E-state index < -0.39 is 0 Å². The normalized spacial score (nSPS) is 26.4. The molecular weight excluding hydrogens is 276 g/mol. The maximum Gasteiger partial charge on any atom is 0.133 e. The monoisotopic (exact) mass is 310 g/mol. The van der Waals surface area contributed by atoms with Crippen molar-refractivity contribution in [2.75, 3.05) is 66.0 Å². The fourth-order valence-corrected chi connectivity index (χ4v) is 3.49. The summed E-state index contributed by atoms with van der Waals surface area (Å²) in [5.41, 5.74) is 0.729. The minimum absolute atomic E-state index is 0.603. The largest absolute Gasteiger partial charge is 0.316 e. The van der Waals surface area contributed by atoms with Crippen molar-refractivity contribution in [1.29, 1.82) is 0 Å². The number of nitrogens with one attached hydrogen (secondary N) is 1. The maximum absolute atomic E-state index is 10.2. The van der Waals surface area contributed by atoms with Crippen LogP contribution in [0, 0.1) is 5.41 Å². The fourth-order valence-electron chi connectivity index (χ4n) is 3.49. The zero-order valence-electron chi connectivity index (χ0n) is 14.7. The third kappa shape index (κ3) is 5.01. The first-order chi connectivity index (χ1) is 10.5. The van der Waals surface area contributed by atoms with Gasteiger partial charge in [-0.05, 0) is 52.2 Å². The van der Waals surface area contributed by atoms with E-state index in [1.54, 1.807) is 0 Å². The minimum atomic E-state index is 0.603. The topological polar surface area (TPSA) is 38.8 Å².